The van der Waals surface area contributed by atoms with Crippen LogP contribution in [0, 0.1) is 0 Å². The molecule has 6 heteroatoms. The molecular formula is C14H18N4O2. The monoisotopic (exact) mass is 274 g/mol. The van der Waals surface area contributed by atoms with Gasteiger partial charge in [-0.2, -0.15) is 0 Å². The highest BCUT2D eigenvalue weighted by Crippen LogP contribution is 2.19. The predicted molar refractivity (Wildman–Crippen MR) is 73.4 cm³/mol. The van der Waals surface area contributed by atoms with Gasteiger partial charge in [0.2, 0.25) is 0 Å². The van der Waals surface area contributed by atoms with Crippen molar-refractivity contribution in [3.05, 3.63) is 41.5 Å². The number of esters is 1. The summed E-state index contributed by atoms with van der Waals surface area (Å²) in [5.41, 5.74) is 1.93. The number of nitrogens with zero attached hydrogens (tertiary/aromatic N) is 4. The minimum Gasteiger partial charge on any atom is -0.461 e. The lowest BCUT2D eigenvalue weighted by Crippen LogP contribution is -2.13. The van der Waals surface area contributed by atoms with Crippen molar-refractivity contribution >= 4 is 5.97 Å². The Morgan fingerprint density at radius 1 is 1.40 bits per heavy atom. The molecule has 0 saturated carbocycles. The molecule has 0 saturated heterocycles. The second kappa shape index (κ2) is 6.27. The van der Waals surface area contributed by atoms with E-state index in [4.69, 9.17) is 4.74 Å². The summed E-state index contributed by atoms with van der Waals surface area (Å²) in [7, 11) is 0. The van der Waals surface area contributed by atoms with Crippen LogP contribution in [0.3, 0.4) is 0 Å². The van der Waals surface area contributed by atoms with Gasteiger partial charge in [-0.15, -0.1) is 5.10 Å². The number of carbonyl (C=O) groups is 1. The van der Waals surface area contributed by atoms with Crippen LogP contribution in [-0.4, -0.2) is 32.6 Å². The average Bonchev–Trinajstić information content (AvgIpc) is 2.84. The number of rotatable bonds is 5. The van der Waals surface area contributed by atoms with Gasteiger partial charge in [0.15, 0.2) is 5.69 Å². The molecule has 6 nitrogen and oxygen atoms in total. The maximum absolute atomic E-state index is 11.9. The molecule has 2 rings (SSSR count). The summed E-state index contributed by atoms with van der Waals surface area (Å²) in [5, 5.41) is 8.02. The quantitative estimate of drug-likeness (QED) is 0.780. The van der Waals surface area contributed by atoms with E-state index >= 15 is 0 Å². The van der Waals surface area contributed by atoms with Crippen LogP contribution in [0.25, 0.3) is 0 Å². The van der Waals surface area contributed by atoms with Crippen molar-refractivity contribution in [3.63, 3.8) is 0 Å². The summed E-state index contributed by atoms with van der Waals surface area (Å²) >= 11 is 0. The van der Waals surface area contributed by atoms with Gasteiger partial charge in [0.05, 0.1) is 24.5 Å². The topological polar surface area (TPSA) is 69.9 Å². The SMILES string of the molecule is CCOC(=O)c1nnn(Cc2ccccn2)c1C(C)C. The Balaban J connectivity index is 2.32. The molecule has 0 radical (unpaired) electrons. The largest absolute Gasteiger partial charge is 0.461 e. The number of carbonyl (C=O) groups excluding carboxylic acids is 1. The normalized spacial score (nSPS) is 10.8. The minimum absolute atomic E-state index is 0.119. The Morgan fingerprint density at radius 2 is 2.20 bits per heavy atom. The van der Waals surface area contributed by atoms with Crippen LogP contribution in [0.1, 0.15) is 48.6 Å². The van der Waals surface area contributed by atoms with E-state index in [9.17, 15) is 4.79 Å². The summed E-state index contributed by atoms with van der Waals surface area (Å²) < 4.78 is 6.72. The van der Waals surface area contributed by atoms with Crippen molar-refractivity contribution in [2.24, 2.45) is 0 Å². The Morgan fingerprint density at radius 3 is 2.80 bits per heavy atom. The minimum atomic E-state index is -0.427. The molecule has 2 aromatic heterocycles. The summed E-state index contributed by atoms with van der Waals surface area (Å²) in [6.45, 7) is 6.57. The third-order valence-electron chi connectivity index (χ3n) is 2.83. The number of aromatic nitrogens is 4. The first-order chi connectivity index (χ1) is 9.63. The first kappa shape index (κ1) is 14.2. The van der Waals surface area contributed by atoms with Crippen LogP contribution in [-0.2, 0) is 11.3 Å². The van der Waals surface area contributed by atoms with Crippen LogP contribution < -0.4 is 0 Å². The Hall–Kier alpha value is -2.24. The number of hydrogen-bond acceptors (Lipinski definition) is 5. The standard InChI is InChI=1S/C14H18N4O2/c1-4-20-14(19)12-13(10(2)3)18(17-16-12)9-11-7-5-6-8-15-11/h5-8,10H,4,9H2,1-3H3. The number of ether oxygens (including phenoxy) is 1. The molecule has 0 aliphatic rings. The lowest BCUT2D eigenvalue weighted by molar-refractivity contribution is 0.0517. The Bertz CT molecular complexity index is 578. The fraction of sp³-hybridized carbons (Fsp3) is 0.429. The molecule has 0 aromatic carbocycles. The summed E-state index contributed by atoms with van der Waals surface area (Å²) in [6.07, 6.45) is 1.73. The summed E-state index contributed by atoms with van der Waals surface area (Å²) in [4.78, 5) is 16.1. The van der Waals surface area contributed by atoms with Gasteiger partial charge in [0.1, 0.15) is 0 Å². The first-order valence-electron chi connectivity index (χ1n) is 6.63. The van der Waals surface area contributed by atoms with Crippen molar-refractivity contribution in [2.45, 2.75) is 33.2 Å². The molecular weight excluding hydrogens is 256 g/mol. The van der Waals surface area contributed by atoms with E-state index in [0.717, 1.165) is 11.4 Å². The van der Waals surface area contributed by atoms with E-state index in [1.54, 1.807) is 17.8 Å². The molecule has 0 unspecified atom stereocenters. The fourth-order valence-electron chi connectivity index (χ4n) is 2.00. The van der Waals surface area contributed by atoms with Crippen LogP contribution in [0.15, 0.2) is 24.4 Å². The highest BCUT2D eigenvalue weighted by atomic mass is 16.5. The lowest BCUT2D eigenvalue weighted by atomic mass is 10.1. The highest BCUT2D eigenvalue weighted by Gasteiger charge is 2.23. The fourth-order valence-corrected chi connectivity index (χ4v) is 2.00. The second-order valence-electron chi connectivity index (χ2n) is 4.68. The van der Waals surface area contributed by atoms with E-state index in [1.807, 2.05) is 32.0 Å². The van der Waals surface area contributed by atoms with Gasteiger partial charge < -0.3 is 4.74 Å². The van der Waals surface area contributed by atoms with Crippen molar-refractivity contribution in [1.82, 2.24) is 20.0 Å². The molecule has 0 N–H and O–H groups in total. The number of hydrogen-bond donors (Lipinski definition) is 0. The average molecular weight is 274 g/mol. The van der Waals surface area contributed by atoms with E-state index in [0.29, 0.717) is 13.2 Å². The van der Waals surface area contributed by atoms with Gasteiger partial charge >= 0.3 is 5.97 Å². The van der Waals surface area contributed by atoms with Crippen molar-refractivity contribution in [3.8, 4) is 0 Å². The smallest absolute Gasteiger partial charge is 0.360 e. The maximum atomic E-state index is 11.9. The number of pyridine rings is 1. The van der Waals surface area contributed by atoms with Crippen LogP contribution >= 0.6 is 0 Å². The molecule has 2 heterocycles. The summed E-state index contributed by atoms with van der Waals surface area (Å²) in [6, 6.07) is 5.69. The van der Waals surface area contributed by atoms with Gasteiger partial charge in [-0.05, 0) is 25.0 Å². The molecule has 0 spiro atoms. The van der Waals surface area contributed by atoms with Crippen LogP contribution in [0.4, 0.5) is 0 Å². The van der Waals surface area contributed by atoms with Gasteiger partial charge in [-0.1, -0.05) is 25.1 Å². The zero-order chi connectivity index (χ0) is 14.5. The van der Waals surface area contributed by atoms with E-state index in [1.165, 1.54) is 0 Å². The zero-order valence-corrected chi connectivity index (χ0v) is 11.9. The van der Waals surface area contributed by atoms with E-state index in [2.05, 4.69) is 15.3 Å². The summed E-state index contributed by atoms with van der Waals surface area (Å²) in [5.74, 6) is -0.309. The third kappa shape index (κ3) is 3.01. The van der Waals surface area contributed by atoms with Crippen molar-refractivity contribution < 1.29 is 9.53 Å². The Labute approximate surface area is 117 Å². The maximum Gasteiger partial charge on any atom is 0.360 e. The highest BCUT2D eigenvalue weighted by molar-refractivity contribution is 5.88. The molecule has 20 heavy (non-hydrogen) atoms. The molecule has 0 aliphatic carbocycles. The first-order valence-corrected chi connectivity index (χ1v) is 6.63. The van der Waals surface area contributed by atoms with Crippen LogP contribution in [0.5, 0.6) is 0 Å². The Kier molecular flexibility index (Phi) is 4.45. The van der Waals surface area contributed by atoms with Crippen molar-refractivity contribution in [1.29, 1.82) is 0 Å². The molecule has 0 bridgehead atoms. The molecule has 0 amide bonds. The van der Waals surface area contributed by atoms with E-state index in [-0.39, 0.29) is 11.6 Å². The van der Waals surface area contributed by atoms with Crippen LogP contribution in [0.2, 0.25) is 0 Å². The molecule has 2 aromatic rings. The second-order valence-corrected chi connectivity index (χ2v) is 4.68. The third-order valence-corrected chi connectivity index (χ3v) is 2.83. The molecule has 0 fully saturated rings. The molecule has 0 atom stereocenters. The predicted octanol–water partition coefficient (Wildman–Crippen LogP) is 2.02. The molecule has 0 aliphatic heterocycles. The van der Waals surface area contributed by atoms with Crippen molar-refractivity contribution in [2.75, 3.05) is 6.61 Å². The van der Waals surface area contributed by atoms with E-state index < -0.39 is 5.97 Å². The van der Waals surface area contributed by atoms with Gasteiger partial charge in [-0.3, -0.25) is 4.98 Å². The van der Waals surface area contributed by atoms with Gasteiger partial charge in [-0.25, -0.2) is 9.48 Å². The lowest BCUT2D eigenvalue weighted by Gasteiger charge is -2.10. The zero-order valence-electron chi connectivity index (χ0n) is 11.9. The van der Waals surface area contributed by atoms with Gasteiger partial charge in [0, 0.05) is 6.20 Å². The molecule has 106 valence electrons. The van der Waals surface area contributed by atoms with Gasteiger partial charge in [0.25, 0.3) is 0 Å².